The fourth-order valence-electron chi connectivity index (χ4n) is 3.06. The van der Waals surface area contributed by atoms with Crippen LogP contribution < -0.4 is 5.32 Å². The number of nitrogens with one attached hydrogen (secondary N) is 1. The number of anilines is 1. The van der Waals surface area contributed by atoms with E-state index in [1.54, 1.807) is 0 Å². The van der Waals surface area contributed by atoms with Crippen molar-refractivity contribution in [2.45, 2.75) is 39.4 Å². The summed E-state index contributed by atoms with van der Waals surface area (Å²) < 4.78 is 2.02. The molecule has 0 atom stereocenters. The molecule has 0 saturated heterocycles. The maximum Gasteiger partial charge on any atom is 0.234 e. The van der Waals surface area contributed by atoms with Crippen LogP contribution in [0.3, 0.4) is 0 Å². The Labute approximate surface area is 174 Å². The third-order valence-corrected chi connectivity index (χ3v) is 5.60. The van der Waals surface area contributed by atoms with Crippen LogP contribution in [-0.2, 0) is 11.3 Å². The van der Waals surface area contributed by atoms with Gasteiger partial charge in [-0.15, -0.1) is 10.2 Å². The van der Waals surface area contributed by atoms with E-state index in [0.29, 0.717) is 10.7 Å². The topological polar surface area (TPSA) is 59.8 Å². The predicted molar refractivity (Wildman–Crippen MR) is 116 cm³/mol. The van der Waals surface area contributed by atoms with Gasteiger partial charge in [0.15, 0.2) is 11.0 Å². The number of thioether (sulfide) groups is 1. The van der Waals surface area contributed by atoms with Gasteiger partial charge in [-0.1, -0.05) is 53.2 Å². The second-order valence-corrected chi connectivity index (χ2v) is 8.05. The lowest BCUT2D eigenvalue weighted by molar-refractivity contribution is -0.113. The predicted octanol–water partition coefficient (Wildman–Crippen LogP) is 5.27. The van der Waals surface area contributed by atoms with E-state index in [0.717, 1.165) is 34.2 Å². The van der Waals surface area contributed by atoms with Gasteiger partial charge in [-0.05, 0) is 51.0 Å². The number of aryl methyl sites for hydroxylation is 3. The van der Waals surface area contributed by atoms with Crippen LogP contribution in [0.5, 0.6) is 0 Å². The van der Waals surface area contributed by atoms with Gasteiger partial charge in [-0.25, -0.2) is 0 Å². The molecule has 0 bridgehead atoms. The summed E-state index contributed by atoms with van der Waals surface area (Å²) in [7, 11) is 0. The number of carbonyl (C=O) groups excluding carboxylic acids is 1. The molecule has 0 radical (unpaired) electrons. The second kappa shape index (κ2) is 8.80. The number of rotatable bonds is 6. The first-order valence-electron chi connectivity index (χ1n) is 9.08. The zero-order valence-corrected chi connectivity index (χ0v) is 18.0. The Morgan fingerprint density at radius 2 is 1.93 bits per heavy atom. The van der Waals surface area contributed by atoms with E-state index in [1.807, 2.05) is 62.6 Å². The van der Waals surface area contributed by atoms with E-state index >= 15 is 0 Å². The number of aromatic nitrogens is 3. The number of benzene rings is 2. The van der Waals surface area contributed by atoms with Crippen molar-refractivity contribution in [1.29, 1.82) is 0 Å². The molecule has 146 valence electrons. The van der Waals surface area contributed by atoms with Crippen LogP contribution in [0.1, 0.15) is 23.6 Å². The molecule has 1 heterocycles. The average Bonchev–Trinajstić information content (AvgIpc) is 3.06. The molecule has 0 unspecified atom stereocenters. The number of amides is 1. The van der Waals surface area contributed by atoms with Crippen molar-refractivity contribution in [1.82, 2.24) is 14.8 Å². The zero-order chi connectivity index (χ0) is 20.3. The number of nitrogens with zero attached hydrogens (tertiary/aromatic N) is 3. The summed E-state index contributed by atoms with van der Waals surface area (Å²) in [6, 6.07) is 12.0. The third-order valence-electron chi connectivity index (χ3n) is 4.34. The summed E-state index contributed by atoms with van der Waals surface area (Å²) in [4.78, 5) is 12.4. The lowest BCUT2D eigenvalue weighted by atomic mass is 10.1. The minimum absolute atomic E-state index is 0.124. The van der Waals surface area contributed by atoms with E-state index in [-0.39, 0.29) is 11.7 Å². The fraction of sp³-hybridized carbons (Fsp3) is 0.286. The van der Waals surface area contributed by atoms with Gasteiger partial charge >= 0.3 is 0 Å². The van der Waals surface area contributed by atoms with Gasteiger partial charge < -0.3 is 9.88 Å². The molecule has 1 aromatic heterocycles. The Morgan fingerprint density at radius 3 is 2.61 bits per heavy atom. The van der Waals surface area contributed by atoms with Gasteiger partial charge in [0, 0.05) is 12.1 Å². The smallest absolute Gasteiger partial charge is 0.234 e. The third kappa shape index (κ3) is 4.56. The molecule has 0 spiro atoms. The normalized spacial score (nSPS) is 10.9. The van der Waals surface area contributed by atoms with Crippen LogP contribution in [-0.4, -0.2) is 26.4 Å². The first-order chi connectivity index (χ1) is 13.4. The number of carbonyl (C=O) groups is 1. The van der Waals surface area contributed by atoms with Crippen LogP contribution in [0, 0.1) is 20.8 Å². The summed E-state index contributed by atoms with van der Waals surface area (Å²) in [5.74, 6) is 0.920. The summed E-state index contributed by atoms with van der Waals surface area (Å²) in [5.41, 5.74) is 4.86. The largest absolute Gasteiger partial charge is 0.324 e. The van der Waals surface area contributed by atoms with E-state index < -0.39 is 0 Å². The molecule has 3 aromatic rings. The maximum atomic E-state index is 12.4. The first kappa shape index (κ1) is 20.4. The quantitative estimate of drug-likeness (QED) is 0.558. The Bertz CT molecular complexity index is 992. The molecular weight excluding hydrogens is 392 g/mol. The first-order valence-corrected chi connectivity index (χ1v) is 10.4. The van der Waals surface area contributed by atoms with Crippen molar-refractivity contribution >= 4 is 35.0 Å². The lowest BCUT2D eigenvalue weighted by Crippen LogP contribution is -2.16. The SMILES string of the molecule is CCn1c(SCC(=O)Nc2c(C)cc(C)cc2Cl)nnc1-c1cccc(C)c1. The highest BCUT2D eigenvalue weighted by molar-refractivity contribution is 7.99. The minimum Gasteiger partial charge on any atom is -0.324 e. The van der Waals surface area contributed by atoms with Gasteiger partial charge in [0.1, 0.15) is 0 Å². The molecule has 1 N–H and O–H groups in total. The van der Waals surface area contributed by atoms with Crippen LogP contribution in [0.15, 0.2) is 41.6 Å². The molecule has 0 aliphatic rings. The highest BCUT2D eigenvalue weighted by atomic mass is 35.5. The van der Waals surface area contributed by atoms with Crippen molar-refractivity contribution in [2.75, 3.05) is 11.1 Å². The Morgan fingerprint density at radius 1 is 1.14 bits per heavy atom. The molecule has 28 heavy (non-hydrogen) atoms. The van der Waals surface area contributed by atoms with Crippen molar-refractivity contribution in [3.63, 3.8) is 0 Å². The molecule has 0 fully saturated rings. The molecule has 2 aromatic carbocycles. The minimum atomic E-state index is -0.124. The van der Waals surface area contributed by atoms with Crippen molar-refractivity contribution in [3.05, 3.63) is 58.1 Å². The number of hydrogen-bond acceptors (Lipinski definition) is 4. The van der Waals surface area contributed by atoms with E-state index in [1.165, 1.54) is 17.3 Å². The Kier molecular flexibility index (Phi) is 6.42. The summed E-state index contributed by atoms with van der Waals surface area (Å²) in [5, 5.41) is 12.8. The molecule has 0 saturated carbocycles. The summed E-state index contributed by atoms with van der Waals surface area (Å²) in [6.07, 6.45) is 0. The number of hydrogen-bond donors (Lipinski definition) is 1. The van der Waals surface area contributed by atoms with Crippen LogP contribution in [0.2, 0.25) is 5.02 Å². The Hall–Kier alpha value is -2.31. The van der Waals surface area contributed by atoms with Gasteiger partial charge in [-0.2, -0.15) is 0 Å². The van der Waals surface area contributed by atoms with Crippen molar-refractivity contribution in [2.24, 2.45) is 0 Å². The summed E-state index contributed by atoms with van der Waals surface area (Å²) >= 11 is 7.65. The van der Waals surface area contributed by atoms with E-state index in [2.05, 4.69) is 21.6 Å². The molecular formula is C21H23ClN4OS. The fourth-order valence-corrected chi connectivity index (χ4v) is 4.23. The summed E-state index contributed by atoms with van der Waals surface area (Å²) in [6.45, 7) is 8.73. The molecule has 3 rings (SSSR count). The van der Waals surface area contributed by atoms with Crippen LogP contribution >= 0.6 is 23.4 Å². The maximum absolute atomic E-state index is 12.4. The lowest BCUT2D eigenvalue weighted by Gasteiger charge is -2.12. The average molecular weight is 415 g/mol. The monoisotopic (exact) mass is 414 g/mol. The molecule has 1 amide bonds. The Balaban J connectivity index is 1.72. The van der Waals surface area contributed by atoms with Crippen LogP contribution in [0.4, 0.5) is 5.69 Å². The van der Waals surface area contributed by atoms with E-state index in [4.69, 9.17) is 11.6 Å². The number of halogens is 1. The molecule has 5 nitrogen and oxygen atoms in total. The van der Waals surface area contributed by atoms with Gasteiger partial charge in [0.2, 0.25) is 5.91 Å². The highest BCUT2D eigenvalue weighted by Gasteiger charge is 2.16. The van der Waals surface area contributed by atoms with E-state index in [9.17, 15) is 4.79 Å². The standard InChI is InChI=1S/C21H23ClN4OS/c1-5-26-20(16-8-6-7-13(2)10-16)24-25-21(26)28-12-18(27)23-19-15(4)9-14(3)11-17(19)22/h6-11H,5,12H2,1-4H3,(H,23,27). The molecule has 0 aliphatic heterocycles. The van der Waals surface area contributed by atoms with Gasteiger partial charge in [-0.3, -0.25) is 4.79 Å². The van der Waals surface area contributed by atoms with Crippen molar-refractivity contribution in [3.8, 4) is 11.4 Å². The molecule has 7 heteroatoms. The van der Waals surface area contributed by atoms with Crippen molar-refractivity contribution < 1.29 is 4.79 Å². The van der Waals surface area contributed by atoms with Gasteiger partial charge in [0.05, 0.1) is 16.5 Å². The second-order valence-electron chi connectivity index (χ2n) is 6.70. The van der Waals surface area contributed by atoms with Gasteiger partial charge in [0.25, 0.3) is 0 Å². The highest BCUT2D eigenvalue weighted by Crippen LogP contribution is 2.28. The molecule has 0 aliphatic carbocycles. The van der Waals surface area contributed by atoms with Crippen LogP contribution in [0.25, 0.3) is 11.4 Å². The zero-order valence-electron chi connectivity index (χ0n) is 16.4.